The van der Waals surface area contributed by atoms with Crippen molar-refractivity contribution in [3.8, 4) is 0 Å². The minimum absolute atomic E-state index is 0.0212. The highest BCUT2D eigenvalue weighted by Crippen LogP contribution is 2.20. The first-order valence-electron chi connectivity index (χ1n) is 8.41. The highest BCUT2D eigenvalue weighted by Gasteiger charge is 2.22. The molecule has 3 rings (SSSR count). The first kappa shape index (κ1) is 18.3. The van der Waals surface area contributed by atoms with Gasteiger partial charge in [-0.05, 0) is 18.6 Å². The lowest BCUT2D eigenvalue weighted by Crippen LogP contribution is -2.32. The molecule has 0 spiro atoms. The number of methoxy groups -OCH3 is 1. The summed E-state index contributed by atoms with van der Waals surface area (Å²) in [6, 6.07) is 13.6. The number of benzene rings is 2. The number of hydrogen-bond donors (Lipinski definition) is 2. The summed E-state index contributed by atoms with van der Waals surface area (Å²) in [5.41, 5.74) is 1.56. The normalized spacial score (nSPS) is 11.8. The Balaban J connectivity index is 1.95. The second-order valence-electron chi connectivity index (χ2n) is 6.16. The maximum atomic E-state index is 12.8. The van der Waals surface area contributed by atoms with Gasteiger partial charge >= 0.3 is 5.97 Å². The first-order valence-corrected chi connectivity index (χ1v) is 8.41. The monoisotopic (exact) mass is 365 g/mol. The van der Waals surface area contributed by atoms with Gasteiger partial charge < -0.3 is 10.1 Å². The number of esters is 1. The second-order valence-corrected chi connectivity index (χ2v) is 6.16. The van der Waals surface area contributed by atoms with E-state index in [0.717, 1.165) is 11.1 Å². The minimum atomic E-state index is -0.585. The Hall–Kier alpha value is -3.48. The van der Waals surface area contributed by atoms with Crippen LogP contribution < -0.4 is 10.9 Å². The van der Waals surface area contributed by atoms with Crippen molar-refractivity contribution < 1.29 is 14.3 Å². The Labute approximate surface area is 155 Å². The van der Waals surface area contributed by atoms with E-state index < -0.39 is 17.9 Å². The van der Waals surface area contributed by atoms with Gasteiger partial charge in [-0.3, -0.25) is 14.4 Å². The summed E-state index contributed by atoms with van der Waals surface area (Å²) in [6.45, 7) is 1.95. The number of aryl methyl sites for hydroxylation is 1. The lowest BCUT2D eigenvalue weighted by molar-refractivity contribution is -0.141. The van der Waals surface area contributed by atoms with E-state index in [0.29, 0.717) is 10.8 Å². The number of carbonyl (C=O) groups is 2. The van der Waals surface area contributed by atoms with Crippen LogP contribution in [0.2, 0.25) is 0 Å². The van der Waals surface area contributed by atoms with E-state index in [9.17, 15) is 14.4 Å². The summed E-state index contributed by atoms with van der Waals surface area (Å²) >= 11 is 0. The number of amides is 1. The van der Waals surface area contributed by atoms with Crippen molar-refractivity contribution >= 4 is 22.6 Å². The van der Waals surface area contributed by atoms with Crippen molar-refractivity contribution in [2.75, 3.05) is 7.11 Å². The number of nitrogens with one attached hydrogen (secondary N) is 2. The molecule has 0 saturated heterocycles. The van der Waals surface area contributed by atoms with E-state index in [1.807, 2.05) is 31.2 Å². The van der Waals surface area contributed by atoms with Crippen LogP contribution in [0.25, 0.3) is 10.8 Å². The highest BCUT2D eigenvalue weighted by molar-refractivity contribution is 6.04. The van der Waals surface area contributed by atoms with Crippen LogP contribution in [-0.2, 0) is 9.53 Å². The van der Waals surface area contributed by atoms with Crippen molar-refractivity contribution in [2.24, 2.45) is 0 Å². The first-order chi connectivity index (χ1) is 13.0. The number of H-pyrrole nitrogens is 1. The molecular weight excluding hydrogens is 346 g/mol. The molecule has 1 amide bonds. The Morgan fingerprint density at radius 3 is 2.44 bits per heavy atom. The summed E-state index contributed by atoms with van der Waals surface area (Å²) in [5, 5.41) is 9.88. The van der Waals surface area contributed by atoms with Crippen LogP contribution in [0.15, 0.2) is 53.3 Å². The SMILES string of the molecule is COC(=O)C[C@H](NC(=O)c1n[nH]c(=O)c2ccccc12)c1ccc(C)cc1. The molecule has 27 heavy (non-hydrogen) atoms. The standard InChI is InChI=1S/C20H19N3O4/c1-12-7-9-13(10-8-12)16(11-17(24)27-2)21-20(26)18-14-5-3-4-6-15(14)19(25)23-22-18/h3-10,16H,11H2,1-2H3,(H,21,26)(H,23,25)/t16-/m0/s1. The van der Waals surface area contributed by atoms with Crippen molar-refractivity contribution in [1.29, 1.82) is 0 Å². The molecule has 138 valence electrons. The highest BCUT2D eigenvalue weighted by atomic mass is 16.5. The van der Waals surface area contributed by atoms with Gasteiger partial charge in [-0.25, -0.2) is 5.10 Å². The molecule has 0 aliphatic rings. The molecule has 2 N–H and O–H groups in total. The Morgan fingerprint density at radius 1 is 1.11 bits per heavy atom. The van der Waals surface area contributed by atoms with Crippen LogP contribution in [0.3, 0.4) is 0 Å². The molecule has 0 aliphatic carbocycles. The van der Waals surface area contributed by atoms with E-state index in [1.165, 1.54) is 7.11 Å². The van der Waals surface area contributed by atoms with Crippen LogP contribution in [0.5, 0.6) is 0 Å². The fraction of sp³-hybridized carbons (Fsp3) is 0.200. The molecule has 0 radical (unpaired) electrons. The molecule has 0 unspecified atom stereocenters. The smallest absolute Gasteiger partial charge is 0.307 e. The summed E-state index contributed by atoms with van der Waals surface area (Å²) in [6.07, 6.45) is -0.0212. The van der Waals surface area contributed by atoms with Crippen molar-refractivity contribution in [2.45, 2.75) is 19.4 Å². The van der Waals surface area contributed by atoms with Gasteiger partial charge in [0.25, 0.3) is 11.5 Å². The van der Waals surface area contributed by atoms with Gasteiger partial charge in [-0.1, -0.05) is 48.0 Å². The fourth-order valence-corrected chi connectivity index (χ4v) is 2.82. The van der Waals surface area contributed by atoms with E-state index in [1.54, 1.807) is 24.3 Å². The van der Waals surface area contributed by atoms with Gasteiger partial charge in [-0.2, -0.15) is 5.10 Å². The Morgan fingerprint density at radius 2 is 1.78 bits per heavy atom. The molecule has 1 aromatic heterocycles. The van der Waals surface area contributed by atoms with Gasteiger partial charge in [-0.15, -0.1) is 0 Å². The number of ether oxygens (including phenoxy) is 1. The fourth-order valence-electron chi connectivity index (χ4n) is 2.82. The van der Waals surface area contributed by atoms with Crippen LogP contribution in [0.4, 0.5) is 0 Å². The zero-order valence-corrected chi connectivity index (χ0v) is 15.0. The van der Waals surface area contributed by atoms with Gasteiger partial charge in [0.2, 0.25) is 0 Å². The van der Waals surface area contributed by atoms with E-state index in [4.69, 9.17) is 4.74 Å². The third kappa shape index (κ3) is 4.03. The molecule has 0 bridgehead atoms. The van der Waals surface area contributed by atoms with E-state index in [-0.39, 0.29) is 17.7 Å². The maximum Gasteiger partial charge on any atom is 0.307 e. The molecule has 7 nitrogen and oxygen atoms in total. The summed E-state index contributed by atoms with van der Waals surface area (Å²) in [7, 11) is 1.30. The molecular formula is C20H19N3O4. The lowest BCUT2D eigenvalue weighted by atomic mass is 10.0. The van der Waals surface area contributed by atoms with E-state index >= 15 is 0 Å². The van der Waals surface area contributed by atoms with Gasteiger partial charge in [0.15, 0.2) is 5.69 Å². The zero-order valence-electron chi connectivity index (χ0n) is 15.0. The molecule has 2 aromatic carbocycles. The number of aromatic amines is 1. The Kier molecular flexibility index (Phi) is 5.30. The average Bonchev–Trinajstić information content (AvgIpc) is 2.68. The number of hydrogen-bond acceptors (Lipinski definition) is 5. The van der Waals surface area contributed by atoms with Gasteiger partial charge in [0, 0.05) is 5.39 Å². The summed E-state index contributed by atoms with van der Waals surface area (Å²) < 4.78 is 4.75. The van der Waals surface area contributed by atoms with Crippen molar-refractivity contribution in [1.82, 2.24) is 15.5 Å². The molecule has 1 atom stereocenters. The van der Waals surface area contributed by atoms with E-state index in [2.05, 4.69) is 15.5 Å². The summed E-state index contributed by atoms with van der Waals surface area (Å²) in [5.74, 6) is -0.933. The minimum Gasteiger partial charge on any atom is -0.469 e. The molecule has 0 fully saturated rings. The topological polar surface area (TPSA) is 101 Å². The van der Waals surface area contributed by atoms with Crippen LogP contribution in [0, 0.1) is 6.92 Å². The van der Waals surface area contributed by atoms with Crippen molar-refractivity contribution in [3.05, 3.63) is 75.7 Å². The van der Waals surface area contributed by atoms with Gasteiger partial charge in [0.05, 0.1) is 25.0 Å². The van der Waals surface area contributed by atoms with Gasteiger partial charge in [0.1, 0.15) is 0 Å². The number of nitrogens with zero attached hydrogens (tertiary/aromatic N) is 1. The third-order valence-electron chi connectivity index (χ3n) is 4.29. The van der Waals surface area contributed by atoms with Crippen molar-refractivity contribution in [3.63, 3.8) is 0 Å². The maximum absolute atomic E-state index is 12.8. The number of rotatable bonds is 5. The van der Waals surface area contributed by atoms with Crippen LogP contribution in [-0.4, -0.2) is 29.2 Å². The largest absolute Gasteiger partial charge is 0.469 e. The Bertz CT molecular complexity index is 1040. The van der Waals surface area contributed by atoms with Crippen LogP contribution >= 0.6 is 0 Å². The lowest BCUT2D eigenvalue weighted by Gasteiger charge is -2.18. The zero-order chi connectivity index (χ0) is 19.4. The molecule has 3 aromatic rings. The number of fused-ring (bicyclic) bond motifs is 1. The average molecular weight is 365 g/mol. The van der Waals surface area contributed by atoms with Crippen LogP contribution in [0.1, 0.15) is 34.1 Å². The second kappa shape index (κ2) is 7.82. The molecule has 1 heterocycles. The quantitative estimate of drug-likeness (QED) is 0.676. The molecule has 7 heteroatoms. The number of aromatic nitrogens is 2. The predicted octanol–water partition coefficient (Wildman–Crippen LogP) is 2.27. The third-order valence-corrected chi connectivity index (χ3v) is 4.29. The molecule has 0 saturated carbocycles. The molecule has 0 aliphatic heterocycles. The summed E-state index contributed by atoms with van der Waals surface area (Å²) in [4.78, 5) is 36.5. The predicted molar refractivity (Wildman–Crippen MR) is 100 cm³/mol. The number of carbonyl (C=O) groups excluding carboxylic acids is 2.